The summed E-state index contributed by atoms with van der Waals surface area (Å²) in [5.41, 5.74) is 2.63. The fraction of sp³-hybridized carbons (Fsp3) is 0.200. The van der Waals surface area contributed by atoms with Gasteiger partial charge in [-0.1, -0.05) is 79.7 Å². The molecule has 0 radical (unpaired) electrons. The van der Waals surface area contributed by atoms with Gasteiger partial charge in [0.2, 0.25) is 0 Å². The van der Waals surface area contributed by atoms with Gasteiger partial charge in [-0.2, -0.15) is 0 Å². The van der Waals surface area contributed by atoms with Crippen molar-refractivity contribution >= 4 is 18.0 Å². The number of carboxylic acids is 2. The van der Waals surface area contributed by atoms with Gasteiger partial charge < -0.3 is 10.2 Å². The molecular formula is C20H23NO4. The van der Waals surface area contributed by atoms with Crippen LogP contribution in [-0.2, 0) is 16.1 Å². The van der Waals surface area contributed by atoms with E-state index in [0.29, 0.717) is 0 Å². The monoisotopic (exact) mass is 341 g/mol. The minimum Gasteiger partial charge on any atom is -0.473 e. The van der Waals surface area contributed by atoms with Crippen LogP contribution in [0.15, 0.2) is 66.7 Å². The molecule has 0 amide bonds. The number of aliphatic carboxylic acids is 2. The van der Waals surface area contributed by atoms with Crippen molar-refractivity contribution in [1.29, 1.82) is 0 Å². The molecule has 0 atom stereocenters. The first-order valence-corrected chi connectivity index (χ1v) is 7.97. The number of carboxylic acid groups (broad SMARTS) is 2. The van der Waals surface area contributed by atoms with Crippen LogP contribution in [0, 0.1) is 0 Å². The van der Waals surface area contributed by atoms with Crippen molar-refractivity contribution in [3.63, 3.8) is 0 Å². The SMILES string of the molecule is CCN(CC=Cc1ccccc1)Cc1ccccc1.O=C(O)C(=O)O. The molecule has 25 heavy (non-hydrogen) atoms. The maximum Gasteiger partial charge on any atom is 0.414 e. The van der Waals surface area contributed by atoms with Gasteiger partial charge in [-0.15, -0.1) is 0 Å². The Morgan fingerprint density at radius 2 is 1.44 bits per heavy atom. The van der Waals surface area contributed by atoms with Crippen LogP contribution in [0.2, 0.25) is 0 Å². The Hall–Kier alpha value is -2.92. The van der Waals surface area contributed by atoms with Crippen LogP contribution >= 0.6 is 0 Å². The van der Waals surface area contributed by atoms with Crippen LogP contribution in [0.4, 0.5) is 0 Å². The number of hydrogen-bond donors (Lipinski definition) is 2. The van der Waals surface area contributed by atoms with Gasteiger partial charge in [-0.05, 0) is 17.7 Å². The third-order valence-corrected chi connectivity index (χ3v) is 3.35. The third kappa shape index (κ3) is 9.07. The molecule has 0 saturated heterocycles. The lowest BCUT2D eigenvalue weighted by atomic mass is 10.2. The van der Waals surface area contributed by atoms with Gasteiger partial charge in [0.1, 0.15) is 0 Å². The topological polar surface area (TPSA) is 77.8 Å². The molecule has 0 aliphatic rings. The highest BCUT2D eigenvalue weighted by molar-refractivity contribution is 6.27. The lowest BCUT2D eigenvalue weighted by Gasteiger charge is -2.18. The van der Waals surface area contributed by atoms with Gasteiger partial charge in [0.05, 0.1) is 0 Å². The normalized spacial score (nSPS) is 10.3. The number of rotatable bonds is 6. The Morgan fingerprint density at radius 3 is 1.92 bits per heavy atom. The molecule has 0 bridgehead atoms. The van der Waals surface area contributed by atoms with E-state index in [-0.39, 0.29) is 0 Å². The average molecular weight is 341 g/mol. The Morgan fingerprint density at radius 1 is 0.920 bits per heavy atom. The second-order valence-corrected chi connectivity index (χ2v) is 5.24. The summed E-state index contributed by atoms with van der Waals surface area (Å²) in [4.78, 5) is 20.6. The predicted octanol–water partition coefficient (Wildman–Crippen LogP) is 3.38. The summed E-state index contributed by atoms with van der Waals surface area (Å²) in [7, 11) is 0. The van der Waals surface area contributed by atoms with E-state index < -0.39 is 11.9 Å². The van der Waals surface area contributed by atoms with Crippen LogP contribution in [0.3, 0.4) is 0 Å². The quantitative estimate of drug-likeness (QED) is 0.788. The van der Waals surface area contributed by atoms with Gasteiger partial charge in [0.25, 0.3) is 0 Å². The number of hydrogen-bond acceptors (Lipinski definition) is 3. The highest BCUT2D eigenvalue weighted by atomic mass is 16.4. The first-order chi connectivity index (χ1) is 12.0. The maximum absolute atomic E-state index is 9.10. The predicted molar refractivity (Wildman–Crippen MR) is 98.1 cm³/mol. The highest BCUT2D eigenvalue weighted by Gasteiger charge is 2.04. The van der Waals surface area contributed by atoms with Crippen LogP contribution < -0.4 is 0 Å². The van der Waals surface area contributed by atoms with Crippen molar-refractivity contribution in [1.82, 2.24) is 4.90 Å². The molecule has 0 spiro atoms. The van der Waals surface area contributed by atoms with Gasteiger partial charge in [0.15, 0.2) is 0 Å². The fourth-order valence-corrected chi connectivity index (χ4v) is 2.05. The summed E-state index contributed by atoms with van der Waals surface area (Å²) in [5, 5.41) is 14.8. The molecule has 5 nitrogen and oxygen atoms in total. The molecule has 2 N–H and O–H groups in total. The van der Waals surface area contributed by atoms with Crippen LogP contribution in [-0.4, -0.2) is 40.1 Å². The molecule has 0 aliphatic heterocycles. The fourth-order valence-electron chi connectivity index (χ4n) is 2.05. The second kappa shape index (κ2) is 11.6. The van der Waals surface area contributed by atoms with Crippen molar-refractivity contribution in [2.24, 2.45) is 0 Å². The van der Waals surface area contributed by atoms with E-state index in [1.165, 1.54) is 11.1 Å². The molecule has 2 aromatic rings. The van der Waals surface area contributed by atoms with E-state index in [9.17, 15) is 0 Å². The van der Waals surface area contributed by atoms with Crippen molar-refractivity contribution < 1.29 is 19.8 Å². The first-order valence-electron chi connectivity index (χ1n) is 7.97. The van der Waals surface area contributed by atoms with Crippen molar-refractivity contribution in [3.8, 4) is 0 Å². The minimum absolute atomic E-state index is 0.986. The lowest BCUT2D eigenvalue weighted by Crippen LogP contribution is -2.22. The summed E-state index contributed by atoms with van der Waals surface area (Å²) in [6.45, 7) is 5.27. The van der Waals surface area contributed by atoms with E-state index in [2.05, 4.69) is 78.6 Å². The average Bonchev–Trinajstić information content (AvgIpc) is 2.63. The molecule has 0 saturated carbocycles. The smallest absolute Gasteiger partial charge is 0.414 e. The number of likely N-dealkylation sites (N-methyl/N-ethyl adjacent to an activating group) is 1. The van der Waals surface area contributed by atoms with E-state index in [1.54, 1.807) is 0 Å². The van der Waals surface area contributed by atoms with Gasteiger partial charge in [0, 0.05) is 13.1 Å². The number of nitrogens with zero attached hydrogens (tertiary/aromatic N) is 1. The van der Waals surface area contributed by atoms with Crippen molar-refractivity contribution in [3.05, 3.63) is 77.9 Å². The summed E-state index contributed by atoms with van der Waals surface area (Å²) in [6.07, 6.45) is 4.43. The zero-order chi connectivity index (χ0) is 18.5. The third-order valence-electron chi connectivity index (χ3n) is 3.35. The Kier molecular flexibility index (Phi) is 9.33. The maximum atomic E-state index is 9.10. The van der Waals surface area contributed by atoms with E-state index in [1.807, 2.05) is 6.07 Å². The number of carbonyl (C=O) groups is 2. The molecular weight excluding hydrogens is 318 g/mol. The molecule has 2 rings (SSSR count). The standard InChI is InChI=1S/C18H21N.C2H2O4/c1-2-19(16-18-12-7-4-8-13-18)15-9-14-17-10-5-3-6-11-17;3-1(4)2(5)6/h3-14H,2,15-16H2,1H3;(H,3,4)(H,5,6). The van der Waals surface area contributed by atoms with E-state index >= 15 is 0 Å². The molecule has 0 unspecified atom stereocenters. The van der Waals surface area contributed by atoms with Crippen LogP contribution in [0.1, 0.15) is 18.1 Å². The second-order valence-electron chi connectivity index (χ2n) is 5.24. The molecule has 2 aromatic carbocycles. The molecule has 0 heterocycles. The Balaban J connectivity index is 0.000000450. The highest BCUT2D eigenvalue weighted by Crippen LogP contribution is 2.05. The molecule has 132 valence electrons. The molecule has 0 aromatic heterocycles. The summed E-state index contributed by atoms with van der Waals surface area (Å²) in [6, 6.07) is 21.1. The first kappa shape index (κ1) is 20.1. The molecule has 0 aliphatic carbocycles. The Labute approximate surface area is 147 Å². The zero-order valence-electron chi connectivity index (χ0n) is 14.2. The summed E-state index contributed by atoms with van der Waals surface area (Å²) < 4.78 is 0. The van der Waals surface area contributed by atoms with Gasteiger partial charge >= 0.3 is 11.9 Å². The van der Waals surface area contributed by atoms with Gasteiger partial charge in [-0.3, -0.25) is 4.90 Å². The van der Waals surface area contributed by atoms with Crippen molar-refractivity contribution in [2.45, 2.75) is 13.5 Å². The molecule has 5 heteroatoms. The Bertz CT molecular complexity index is 657. The van der Waals surface area contributed by atoms with Crippen LogP contribution in [0.5, 0.6) is 0 Å². The van der Waals surface area contributed by atoms with Crippen LogP contribution in [0.25, 0.3) is 6.08 Å². The largest absolute Gasteiger partial charge is 0.473 e. The van der Waals surface area contributed by atoms with Crippen molar-refractivity contribution in [2.75, 3.05) is 13.1 Å². The summed E-state index contributed by atoms with van der Waals surface area (Å²) in [5.74, 6) is -3.65. The van der Waals surface area contributed by atoms with E-state index in [0.717, 1.165) is 19.6 Å². The minimum atomic E-state index is -1.82. The number of benzene rings is 2. The zero-order valence-corrected chi connectivity index (χ0v) is 14.2. The van der Waals surface area contributed by atoms with Gasteiger partial charge in [-0.25, -0.2) is 9.59 Å². The lowest BCUT2D eigenvalue weighted by molar-refractivity contribution is -0.159. The summed E-state index contributed by atoms with van der Waals surface area (Å²) >= 11 is 0. The van der Waals surface area contributed by atoms with E-state index in [4.69, 9.17) is 19.8 Å². The molecule has 0 fully saturated rings.